The van der Waals surface area contributed by atoms with Crippen LogP contribution in [-0.2, 0) is 9.84 Å². The van der Waals surface area contributed by atoms with Crippen LogP contribution in [0.25, 0.3) is 0 Å². The zero-order valence-corrected chi connectivity index (χ0v) is 12.1. The number of aliphatic hydroxyl groups excluding tert-OH is 1. The summed E-state index contributed by atoms with van der Waals surface area (Å²) in [4.78, 5) is 10.1. The van der Waals surface area contributed by atoms with Crippen molar-refractivity contribution >= 4 is 15.5 Å². The van der Waals surface area contributed by atoms with Gasteiger partial charge < -0.3 is 9.84 Å². The Hall–Kier alpha value is -1.67. The highest BCUT2D eigenvalue weighted by Crippen LogP contribution is 2.29. The minimum atomic E-state index is -3.04. The van der Waals surface area contributed by atoms with Gasteiger partial charge in [0, 0.05) is 24.0 Å². The van der Waals surface area contributed by atoms with E-state index in [1.54, 1.807) is 0 Å². The number of nitro groups is 1. The normalized spacial score (nSPS) is 12.9. The lowest BCUT2D eigenvalue weighted by atomic mass is 10.1. The van der Waals surface area contributed by atoms with Crippen LogP contribution in [0.15, 0.2) is 18.2 Å². The van der Waals surface area contributed by atoms with E-state index in [1.165, 1.54) is 25.1 Å². The summed E-state index contributed by atoms with van der Waals surface area (Å²) in [5.74, 6) is 0.323. The van der Waals surface area contributed by atoms with Gasteiger partial charge in [-0.25, -0.2) is 8.42 Å². The molecule has 0 radical (unpaired) electrons. The molecule has 1 aromatic carbocycles. The maximum Gasteiger partial charge on any atom is 0.270 e. The number of aliphatic hydroxyl groups is 1. The fraction of sp³-hybridized carbons (Fsp3) is 0.500. The second-order valence-corrected chi connectivity index (χ2v) is 6.75. The number of non-ortho nitro benzene ring substituents is 1. The zero-order chi connectivity index (χ0) is 15.3. The number of sulfone groups is 1. The fourth-order valence-corrected chi connectivity index (χ4v) is 2.25. The van der Waals surface area contributed by atoms with Crippen molar-refractivity contribution in [3.63, 3.8) is 0 Å². The lowest BCUT2D eigenvalue weighted by molar-refractivity contribution is -0.385. The van der Waals surface area contributed by atoms with Crippen LogP contribution >= 0.6 is 0 Å². The highest BCUT2D eigenvalue weighted by Gasteiger charge is 2.15. The Kier molecular flexibility index (Phi) is 5.46. The molecule has 1 rings (SSSR count). The molecular formula is C12H17NO6S. The molecule has 20 heavy (non-hydrogen) atoms. The quantitative estimate of drug-likeness (QED) is 0.464. The number of rotatable bonds is 7. The molecule has 8 heteroatoms. The molecule has 112 valence electrons. The highest BCUT2D eigenvalue weighted by atomic mass is 32.2. The molecule has 1 unspecified atom stereocenters. The molecule has 0 spiro atoms. The van der Waals surface area contributed by atoms with Crippen molar-refractivity contribution in [1.29, 1.82) is 0 Å². The van der Waals surface area contributed by atoms with Crippen molar-refractivity contribution in [2.75, 3.05) is 18.6 Å². The maximum absolute atomic E-state index is 11.0. The molecule has 0 aliphatic carbocycles. The van der Waals surface area contributed by atoms with E-state index >= 15 is 0 Å². The summed E-state index contributed by atoms with van der Waals surface area (Å²) in [7, 11) is -3.04. The number of ether oxygens (including phenoxy) is 1. The number of nitro benzene ring substituents is 1. The molecule has 0 amide bonds. The van der Waals surface area contributed by atoms with Crippen LogP contribution in [0, 0.1) is 10.1 Å². The summed E-state index contributed by atoms with van der Waals surface area (Å²) in [6.07, 6.45) is 0.537. The molecular weight excluding hydrogens is 286 g/mol. The SMILES string of the molecule is CC(O)c1cc([N+](=O)[O-])ccc1OCCCS(C)(=O)=O. The summed E-state index contributed by atoms with van der Waals surface area (Å²) in [6.45, 7) is 1.63. The molecule has 0 bridgehead atoms. The van der Waals surface area contributed by atoms with Crippen molar-refractivity contribution in [3.05, 3.63) is 33.9 Å². The number of nitrogens with zero attached hydrogens (tertiary/aromatic N) is 1. The first-order valence-electron chi connectivity index (χ1n) is 5.97. The second kappa shape index (κ2) is 6.67. The Morgan fingerprint density at radius 2 is 2.10 bits per heavy atom. The van der Waals surface area contributed by atoms with E-state index in [1.807, 2.05) is 0 Å². The van der Waals surface area contributed by atoms with Gasteiger partial charge in [0.25, 0.3) is 5.69 Å². The van der Waals surface area contributed by atoms with Crippen molar-refractivity contribution in [3.8, 4) is 5.75 Å². The van der Waals surface area contributed by atoms with Gasteiger partial charge in [-0.05, 0) is 19.4 Å². The third kappa shape index (κ3) is 5.14. The molecule has 0 aromatic heterocycles. The second-order valence-electron chi connectivity index (χ2n) is 4.49. The van der Waals surface area contributed by atoms with Crippen LogP contribution in [0.1, 0.15) is 25.0 Å². The van der Waals surface area contributed by atoms with Crippen molar-refractivity contribution < 1.29 is 23.2 Å². The molecule has 1 N–H and O–H groups in total. The van der Waals surface area contributed by atoms with Gasteiger partial charge in [0.05, 0.1) is 23.4 Å². The third-order valence-corrected chi connectivity index (χ3v) is 3.60. The van der Waals surface area contributed by atoms with E-state index in [0.717, 1.165) is 6.26 Å². The Labute approximate surface area is 117 Å². The fourth-order valence-electron chi connectivity index (χ4n) is 1.61. The molecule has 0 heterocycles. The standard InChI is InChI=1S/C12H17NO6S/c1-9(14)11-8-10(13(15)16)4-5-12(11)19-6-3-7-20(2,17)18/h4-5,8-9,14H,3,6-7H2,1-2H3. The largest absolute Gasteiger partial charge is 0.493 e. The van der Waals surface area contributed by atoms with Gasteiger partial charge in [-0.1, -0.05) is 0 Å². The van der Waals surface area contributed by atoms with Gasteiger partial charge in [0.2, 0.25) is 0 Å². The van der Waals surface area contributed by atoms with Gasteiger partial charge in [-0.3, -0.25) is 10.1 Å². The Balaban J connectivity index is 2.77. The van der Waals surface area contributed by atoms with Gasteiger partial charge in [0.1, 0.15) is 15.6 Å². The van der Waals surface area contributed by atoms with E-state index in [0.29, 0.717) is 17.7 Å². The molecule has 0 saturated heterocycles. The first kappa shape index (κ1) is 16.4. The smallest absolute Gasteiger partial charge is 0.270 e. The summed E-state index contributed by atoms with van der Waals surface area (Å²) in [5, 5.41) is 20.3. The Bertz CT molecular complexity index is 582. The van der Waals surface area contributed by atoms with E-state index < -0.39 is 20.9 Å². The number of hydrogen-bond donors (Lipinski definition) is 1. The van der Waals surface area contributed by atoms with Crippen molar-refractivity contribution in [1.82, 2.24) is 0 Å². The van der Waals surface area contributed by atoms with Crippen molar-refractivity contribution in [2.24, 2.45) is 0 Å². The zero-order valence-electron chi connectivity index (χ0n) is 11.3. The third-order valence-electron chi connectivity index (χ3n) is 2.57. The summed E-state index contributed by atoms with van der Waals surface area (Å²) < 4.78 is 27.3. The van der Waals surface area contributed by atoms with Crippen LogP contribution in [-0.4, -0.2) is 37.1 Å². The average Bonchev–Trinajstić information content (AvgIpc) is 2.33. The summed E-state index contributed by atoms with van der Waals surface area (Å²) in [5.41, 5.74) is 0.169. The average molecular weight is 303 g/mol. The van der Waals surface area contributed by atoms with Crippen LogP contribution in [0.3, 0.4) is 0 Å². The van der Waals surface area contributed by atoms with Crippen LogP contribution in [0.4, 0.5) is 5.69 Å². The van der Waals surface area contributed by atoms with Gasteiger partial charge in [-0.2, -0.15) is 0 Å². The monoisotopic (exact) mass is 303 g/mol. The van der Waals surface area contributed by atoms with E-state index in [2.05, 4.69) is 0 Å². The molecule has 0 aliphatic heterocycles. The predicted octanol–water partition coefficient (Wildman–Crippen LogP) is 1.46. The Morgan fingerprint density at radius 1 is 1.45 bits per heavy atom. The lowest BCUT2D eigenvalue weighted by Crippen LogP contribution is -2.09. The highest BCUT2D eigenvalue weighted by molar-refractivity contribution is 7.90. The van der Waals surface area contributed by atoms with Gasteiger partial charge in [0.15, 0.2) is 0 Å². The molecule has 0 fully saturated rings. The first-order chi connectivity index (χ1) is 9.20. The van der Waals surface area contributed by atoms with E-state index in [-0.39, 0.29) is 18.0 Å². The van der Waals surface area contributed by atoms with Gasteiger partial charge >= 0.3 is 0 Å². The number of benzene rings is 1. The number of hydrogen-bond acceptors (Lipinski definition) is 6. The molecule has 0 aliphatic rings. The minimum absolute atomic E-state index is 0.00396. The predicted molar refractivity (Wildman–Crippen MR) is 73.6 cm³/mol. The van der Waals surface area contributed by atoms with Crippen molar-refractivity contribution in [2.45, 2.75) is 19.4 Å². The molecule has 0 saturated carbocycles. The van der Waals surface area contributed by atoms with Crippen LogP contribution in [0.5, 0.6) is 5.75 Å². The summed E-state index contributed by atoms with van der Waals surface area (Å²) >= 11 is 0. The van der Waals surface area contributed by atoms with E-state index in [9.17, 15) is 23.6 Å². The van der Waals surface area contributed by atoms with Gasteiger partial charge in [-0.15, -0.1) is 0 Å². The molecule has 7 nitrogen and oxygen atoms in total. The molecule has 1 atom stereocenters. The maximum atomic E-state index is 11.0. The molecule has 1 aromatic rings. The summed E-state index contributed by atoms with van der Waals surface area (Å²) in [6, 6.07) is 3.93. The lowest BCUT2D eigenvalue weighted by Gasteiger charge is -2.13. The minimum Gasteiger partial charge on any atom is -0.493 e. The van der Waals surface area contributed by atoms with Crippen LogP contribution < -0.4 is 4.74 Å². The van der Waals surface area contributed by atoms with E-state index in [4.69, 9.17) is 4.74 Å². The Morgan fingerprint density at radius 3 is 2.60 bits per heavy atom. The first-order valence-corrected chi connectivity index (χ1v) is 8.03. The topological polar surface area (TPSA) is 107 Å². The van der Waals surface area contributed by atoms with Crippen LogP contribution in [0.2, 0.25) is 0 Å².